The molecule has 1 atom stereocenters. The molecule has 0 aromatic heterocycles. The molecule has 0 amide bonds. The van der Waals surface area contributed by atoms with Crippen molar-refractivity contribution in [1.29, 1.82) is 0 Å². The normalized spacial score (nSPS) is 14.5. The van der Waals surface area contributed by atoms with Gasteiger partial charge in [0.2, 0.25) is 0 Å². The molecule has 1 aliphatic carbocycles. The zero-order valence-corrected chi connectivity index (χ0v) is 15.5. The molecule has 0 heterocycles. The van der Waals surface area contributed by atoms with E-state index in [1.807, 2.05) is 24.3 Å². The van der Waals surface area contributed by atoms with Crippen molar-refractivity contribution in [2.75, 3.05) is 0 Å². The molecule has 0 radical (unpaired) electrons. The largest absolute Gasteiger partial charge is 0.489 e. The summed E-state index contributed by atoms with van der Waals surface area (Å²) in [5.41, 5.74) is 5.26. The van der Waals surface area contributed by atoms with Gasteiger partial charge in [0.15, 0.2) is 0 Å². The Morgan fingerprint density at radius 3 is 2.50 bits per heavy atom. The SMILES string of the molecule is CCC[C@@H](CC(=O)O)c1ccc(OCc2ccc3c(c2)CCCC3)cc1. The van der Waals surface area contributed by atoms with Crippen LogP contribution in [0.3, 0.4) is 0 Å². The molecule has 0 bridgehead atoms. The van der Waals surface area contributed by atoms with Gasteiger partial charge in [-0.05, 0) is 72.4 Å². The van der Waals surface area contributed by atoms with Crippen LogP contribution in [0.25, 0.3) is 0 Å². The number of carboxylic acids is 1. The number of aryl methyl sites for hydroxylation is 2. The van der Waals surface area contributed by atoms with Gasteiger partial charge < -0.3 is 9.84 Å². The van der Waals surface area contributed by atoms with E-state index in [2.05, 4.69) is 25.1 Å². The number of benzene rings is 2. The molecule has 0 unspecified atom stereocenters. The van der Waals surface area contributed by atoms with E-state index in [4.69, 9.17) is 9.84 Å². The van der Waals surface area contributed by atoms with E-state index in [0.29, 0.717) is 6.61 Å². The van der Waals surface area contributed by atoms with Crippen LogP contribution in [0.4, 0.5) is 0 Å². The van der Waals surface area contributed by atoms with Crippen LogP contribution >= 0.6 is 0 Å². The molecule has 138 valence electrons. The van der Waals surface area contributed by atoms with Gasteiger partial charge in [-0.1, -0.05) is 43.7 Å². The highest BCUT2D eigenvalue weighted by molar-refractivity contribution is 5.68. The van der Waals surface area contributed by atoms with Crippen LogP contribution in [0, 0.1) is 0 Å². The maximum Gasteiger partial charge on any atom is 0.303 e. The Kier molecular flexibility index (Phi) is 6.32. The van der Waals surface area contributed by atoms with Crippen molar-refractivity contribution >= 4 is 5.97 Å². The Morgan fingerprint density at radius 1 is 1.08 bits per heavy atom. The third kappa shape index (κ3) is 4.87. The highest BCUT2D eigenvalue weighted by Crippen LogP contribution is 2.27. The Balaban J connectivity index is 1.61. The first-order valence-corrected chi connectivity index (χ1v) is 9.71. The van der Waals surface area contributed by atoms with Gasteiger partial charge in [-0.25, -0.2) is 0 Å². The molecule has 0 saturated carbocycles. The fourth-order valence-electron chi connectivity index (χ4n) is 3.83. The first-order chi connectivity index (χ1) is 12.7. The lowest BCUT2D eigenvalue weighted by Crippen LogP contribution is -2.06. The number of aliphatic carboxylic acids is 1. The van der Waals surface area contributed by atoms with Crippen LogP contribution in [0.15, 0.2) is 42.5 Å². The fraction of sp³-hybridized carbons (Fsp3) is 0.435. The van der Waals surface area contributed by atoms with E-state index in [9.17, 15) is 4.79 Å². The molecule has 0 spiro atoms. The summed E-state index contributed by atoms with van der Waals surface area (Å²) in [7, 11) is 0. The lowest BCUT2D eigenvalue weighted by atomic mass is 9.90. The Bertz CT molecular complexity index is 734. The van der Waals surface area contributed by atoms with Crippen molar-refractivity contribution in [1.82, 2.24) is 0 Å². The summed E-state index contributed by atoms with van der Waals surface area (Å²) in [6, 6.07) is 14.6. The average Bonchev–Trinajstić information content (AvgIpc) is 2.66. The quantitative estimate of drug-likeness (QED) is 0.682. The lowest BCUT2D eigenvalue weighted by molar-refractivity contribution is -0.137. The van der Waals surface area contributed by atoms with E-state index in [1.54, 1.807) is 0 Å². The molecule has 3 heteroatoms. The molecule has 2 aromatic rings. The van der Waals surface area contributed by atoms with Gasteiger partial charge in [-0.3, -0.25) is 4.79 Å². The Morgan fingerprint density at radius 2 is 1.81 bits per heavy atom. The minimum absolute atomic E-state index is 0.0761. The topological polar surface area (TPSA) is 46.5 Å². The predicted octanol–water partition coefficient (Wildman–Crippen LogP) is 5.50. The summed E-state index contributed by atoms with van der Waals surface area (Å²) < 4.78 is 5.94. The number of fused-ring (bicyclic) bond motifs is 1. The molecular weight excluding hydrogens is 324 g/mol. The van der Waals surface area contributed by atoms with Crippen LogP contribution in [0.5, 0.6) is 5.75 Å². The third-order valence-electron chi connectivity index (χ3n) is 5.23. The minimum Gasteiger partial charge on any atom is -0.489 e. The van der Waals surface area contributed by atoms with Crippen molar-refractivity contribution in [3.8, 4) is 5.75 Å². The number of hydrogen-bond acceptors (Lipinski definition) is 2. The Labute approximate surface area is 156 Å². The fourth-order valence-corrected chi connectivity index (χ4v) is 3.83. The summed E-state index contributed by atoms with van der Waals surface area (Å²) in [4.78, 5) is 11.1. The van der Waals surface area contributed by atoms with Gasteiger partial charge in [0.1, 0.15) is 12.4 Å². The van der Waals surface area contributed by atoms with Gasteiger partial charge in [0.25, 0.3) is 0 Å². The smallest absolute Gasteiger partial charge is 0.303 e. The third-order valence-corrected chi connectivity index (χ3v) is 5.23. The zero-order valence-electron chi connectivity index (χ0n) is 15.5. The highest BCUT2D eigenvalue weighted by atomic mass is 16.5. The summed E-state index contributed by atoms with van der Waals surface area (Å²) in [5, 5.41) is 9.10. The van der Waals surface area contributed by atoms with Crippen molar-refractivity contribution in [2.24, 2.45) is 0 Å². The Hall–Kier alpha value is -2.29. The monoisotopic (exact) mass is 352 g/mol. The maximum absolute atomic E-state index is 11.1. The van der Waals surface area contributed by atoms with Gasteiger partial charge in [-0.2, -0.15) is 0 Å². The number of hydrogen-bond donors (Lipinski definition) is 1. The molecule has 0 saturated heterocycles. The van der Waals surface area contributed by atoms with Gasteiger partial charge in [0, 0.05) is 0 Å². The summed E-state index contributed by atoms with van der Waals surface area (Å²) in [6.45, 7) is 2.66. The second-order valence-corrected chi connectivity index (χ2v) is 7.25. The van der Waals surface area contributed by atoms with Crippen LogP contribution in [-0.4, -0.2) is 11.1 Å². The number of ether oxygens (including phenoxy) is 1. The van der Waals surface area contributed by atoms with Crippen molar-refractivity contribution < 1.29 is 14.6 Å². The average molecular weight is 352 g/mol. The van der Waals surface area contributed by atoms with E-state index in [1.165, 1.54) is 42.4 Å². The van der Waals surface area contributed by atoms with E-state index >= 15 is 0 Å². The van der Waals surface area contributed by atoms with Crippen molar-refractivity contribution in [3.63, 3.8) is 0 Å². The second-order valence-electron chi connectivity index (χ2n) is 7.25. The van der Waals surface area contributed by atoms with Gasteiger partial charge in [0.05, 0.1) is 6.42 Å². The van der Waals surface area contributed by atoms with Crippen LogP contribution in [0.2, 0.25) is 0 Å². The lowest BCUT2D eigenvalue weighted by Gasteiger charge is -2.17. The predicted molar refractivity (Wildman–Crippen MR) is 104 cm³/mol. The molecule has 3 nitrogen and oxygen atoms in total. The van der Waals surface area contributed by atoms with E-state index in [0.717, 1.165) is 24.2 Å². The van der Waals surface area contributed by atoms with Gasteiger partial charge in [-0.15, -0.1) is 0 Å². The summed E-state index contributed by atoms with van der Waals surface area (Å²) in [5.74, 6) is 0.167. The molecule has 26 heavy (non-hydrogen) atoms. The summed E-state index contributed by atoms with van der Waals surface area (Å²) in [6.07, 6.45) is 7.02. The number of rotatable bonds is 8. The van der Waals surface area contributed by atoms with Crippen molar-refractivity contribution in [3.05, 3.63) is 64.7 Å². The summed E-state index contributed by atoms with van der Waals surface area (Å²) >= 11 is 0. The highest BCUT2D eigenvalue weighted by Gasteiger charge is 2.15. The standard InChI is InChI=1S/C23H28O3/c1-2-5-20(15-23(24)25)19-10-12-22(13-11-19)26-16-17-8-9-18-6-3-4-7-21(18)14-17/h8-14,20H,2-7,15-16H2,1H3,(H,24,25)/t20-/m0/s1. The van der Waals surface area contributed by atoms with E-state index < -0.39 is 5.97 Å². The maximum atomic E-state index is 11.1. The molecule has 1 aliphatic rings. The molecular formula is C23H28O3. The molecule has 3 rings (SSSR count). The van der Waals surface area contributed by atoms with Crippen LogP contribution in [-0.2, 0) is 24.2 Å². The molecule has 2 aromatic carbocycles. The first kappa shape index (κ1) is 18.5. The second kappa shape index (κ2) is 8.88. The zero-order chi connectivity index (χ0) is 18.4. The van der Waals surface area contributed by atoms with Crippen LogP contribution < -0.4 is 4.74 Å². The first-order valence-electron chi connectivity index (χ1n) is 9.71. The van der Waals surface area contributed by atoms with Gasteiger partial charge >= 0.3 is 5.97 Å². The van der Waals surface area contributed by atoms with Crippen LogP contribution in [0.1, 0.15) is 67.2 Å². The molecule has 0 fully saturated rings. The molecule has 1 N–H and O–H groups in total. The minimum atomic E-state index is -0.740. The number of carboxylic acid groups (broad SMARTS) is 1. The number of carbonyl (C=O) groups is 1. The van der Waals surface area contributed by atoms with Crippen molar-refractivity contribution in [2.45, 2.75) is 64.4 Å². The van der Waals surface area contributed by atoms with E-state index in [-0.39, 0.29) is 12.3 Å². The molecule has 0 aliphatic heterocycles.